The van der Waals surface area contributed by atoms with E-state index in [9.17, 15) is 0 Å². The molecule has 0 saturated carbocycles. The van der Waals surface area contributed by atoms with E-state index in [2.05, 4.69) is 5.16 Å². The van der Waals surface area contributed by atoms with Gasteiger partial charge in [-0.25, -0.2) is 0 Å². The highest BCUT2D eigenvalue weighted by Crippen LogP contribution is 1.91. The van der Waals surface area contributed by atoms with Gasteiger partial charge in [0.15, 0.2) is 0 Å². The second kappa shape index (κ2) is 5.03. The molecule has 0 bridgehead atoms. The first-order valence-corrected chi connectivity index (χ1v) is 3.49. The number of allylic oxidation sites excluding steroid dienone is 1. The van der Waals surface area contributed by atoms with Crippen LogP contribution >= 0.6 is 0 Å². The Bertz CT molecular complexity index is 143. The van der Waals surface area contributed by atoms with E-state index >= 15 is 0 Å². The van der Waals surface area contributed by atoms with Crippen molar-refractivity contribution in [2.75, 3.05) is 0 Å². The maximum absolute atomic E-state index is 4.87. The number of nitrogens with zero attached hydrogens (tertiary/aromatic N) is 1. The predicted molar refractivity (Wildman–Crippen MR) is 43.9 cm³/mol. The Kier molecular flexibility index (Phi) is 4.63. The second-order valence-electron chi connectivity index (χ2n) is 2.48. The molecule has 0 N–H and O–H groups in total. The third-order valence-electron chi connectivity index (χ3n) is 1.01. The van der Waals surface area contributed by atoms with Crippen LogP contribution in [-0.2, 0) is 4.84 Å². The van der Waals surface area contributed by atoms with E-state index in [1.807, 2.05) is 27.7 Å². The zero-order chi connectivity index (χ0) is 7.98. The van der Waals surface area contributed by atoms with Gasteiger partial charge in [-0.1, -0.05) is 12.1 Å². The molecular formula is C8H15NO. The summed E-state index contributed by atoms with van der Waals surface area (Å²) in [4.78, 5) is 4.87. The van der Waals surface area contributed by atoms with Crippen molar-refractivity contribution in [3.8, 4) is 0 Å². The molecule has 0 fully saturated rings. The van der Waals surface area contributed by atoms with Crippen LogP contribution < -0.4 is 0 Å². The van der Waals surface area contributed by atoms with E-state index in [1.165, 1.54) is 0 Å². The normalized spacial score (nSPS) is 11.0. The fourth-order valence-electron chi connectivity index (χ4n) is 0.286. The zero-order valence-corrected chi connectivity index (χ0v) is 7.14. The lowest BCUT2D eigenvalue weighted by Crippen LogP contribution is -1.86. The van der Waals surface area contributed by atoms with Crippen LogP contribution in [-0.4, -0.2) is 5.71 Å². The molecule has 0 rings (SSSR count). The van der Waals surface area contributed by atoms with Crippen LogP contribution in [0.15, 0.2) is 17.0 Å². The molecule has 0 amide bonds. The Balaban J connectivity index is 3.63. The van der Waals surface area contributed by atoms with Gasteiger partial charge in [0.25, 0.3) is 0 Å². The standard InChI is InChI=1S/C8H15NO/c1-5-8(4)9-10-6-7(2)3/h6H,5H2,1-4H3. The summed E-state index contributed by atoms with van der Waals surface area (Å²) in [5.74, 6) is 0. The summed E-state index contributed by atoms with van der Waals surface area (Å²) < 4.78 is 0. The third kappa shape index (κ3) is 5.35. The summed E-state index contributed by atoms with van der Waals surface area (Å²) in [6.45, 7) is 7.93. The van der Waals surface area contributed by atoms with Gasteiger partial charge < -0.3 is 4.84 Å². The molecular weight excluding hydrogens is 126 g/mol. The Morgan fingerprint density at radius 3 is 2.40 bits per heavy atom. The third-order valence-corrected chi connectivity index (χ3v) is 1.01. The molecule has 0 spiro atoms. The van der Waals surface area contributed by atoms with E-state index in [1.54, 1.807) is 6.26 Å². The summed E-state index contributed by atoms with van der Waals surface area (Å²) in [5.41, 5.74) is 2.13. The Morgan fingerprint density at radius 2 is 2.00 bits per heavy atom. The van der Waals surface area contributed by atoms with Gasteiger partial charge in [0.2, 0.25) is 0 Å². The largest absolute Gasteiger partial charge is 0.365 e. The zero-order valence-electron chi connectivity index (χ0n) is 7.14. The van der Waals surface area contributed by atoms with E-state index < -0.39 is 0 Å². The van der Waals surface area contributed by atoms with Crippen LogP contribution in [0.1, 0.15) is 34.1 Å². The lowest BCUT2D eigenvalue weighted by molar-refractivity contribution is 0.264. The number of hydrogen-bond acceptors (Lipinski definition) is 2. The molecule has 0 aromatic carbocycles. The average molecular weight is 141 g/mol. The number of hydrogen-bond donors (Lipinski definition) is 0. The van der Waals surface area contributed by atoms with Crippen LogP contribution in [0.25, 0.3) is 0 Å². The first kappa shape index (κ1) is 9.21. The Morgan fingerprint density at radius 1 is 1.40 bits per heavy atom. The van der Waals surface area contributed by atoms with Crippen molar-refractivity contribution in [1.82, 2.24) is 0 Å². The van der Waals surface area contributed by atoms with Crippen LogP contribution in [0.3, 0.4) is 0 Å². The van der Waals surface area contributed by atoms with Gasteiger partial charge in [0.05, 0.1) is 5.71 Å². The molecule has 0 saturated heterocycles. The molecule has 0 radical (unpaired) electrons. The van der Waals surface area contributed by atoms with Gasteiger partial charge >= 0.3 is 0 Å². The maximum Gasteiger partial charge on any atom is 0.120 e. The number of rotatable bonds is 3. The molecule has 0 aromatic heterocycles. The molecule has 2 nitrogen and oxygen atoms in total. The van der Waals surface area contributed by atoms with Crippen molar-refractivity contribution < 1.29 is 4.84 Å². The molecule has 0 aliphatic heterocycles. The van der Waals surface area contributed by atoms with E-state index in [-0.39, 0.29) is 0 Å². The Hall–Kier alpha value is -0.790. The molecule has 0 atom stereocenters. The van der Waals surface area contributed by atoms with Gasteiger partial charge in [0, 0.05) is 0 Å². The monoisotopic (exact) mass is 141 g/mol. The molecule has 0 unspecified atom stereocenters. The predicted octanol–water partition coefficient (Wildman–Crippen LogP) is 2.71. The van der Waals surface area contributed by atoms with Crippen LogP contribution in [0.5, 0.6) is 0 Å². The van der Waals surface area contributed by atoms with Crippen molar-refractivity contribution >= 4 is 5.71 Å². The van der Waals surface area contributed by atoms with Crippen molar-refractivity contribution in [3.05, 3.63) is 11.8 Å². The summed E-state index contributed by atoms with van der Waals surface area (Å²) in [7, 11) is 0. The molecule has 0 aliphatic carbocycles. The van der Waals surface area contributed by atoms with Crippen LogP contribution in [0, 0.1) is 0 Å². The SMILES string of the molecule is CCC(C)=NOC=C(C)C. The minimum atomic E-state index is 0.941. The van der Waals surface area contributed by atoms with Gasteiger partial charge in [-0.3, -0.25) is 0 Å². The smallest absolute Gasteiger partial charge is 0.120 e. The van der Waals surface area contributed by atoms with Gasteiger partial charge in [-0.15, -0.1) is 0 Å². The molecule has 10 heavy (non-hydrogen) atoms. The lowest BCUT2D eigenvalue weighted by Gasteiger charge is -1.93. The summed E-state index contributed by atoms with van der Waals surface area (Å²) in [5, 5.41) is 3.82. The van der Waals surface area contributed by atoms with Crippen LogP contribution in [0.4, 0.5) is 0 Å². The van der Waals surface area contributed by atoms with Crippen LogP contribution in [0.2, 0.25) is 0 Å². The minimum Gasteiger partial charge on any atom is -0.365 e. The highest BCUT2D eigenvalue weighted by Gasteiger charge is 1.82. The topological polar surface area (TPSA) is 21.6 Å². The fourth-order valence-corrected chi connectivity index (χ4v) is 0.286. The first-order valence-electron chi connectivity index (χ1n) is 3.49. The summed E-state index contributed by atoms with van der Waals surface area (Å²) in [6, 6.07) is 0. The average Bonchev–Trinajstić information content (AvgIpc) is 1.87. The maximum atomic E-state index is 4.87. The van der Waals surface area contributed by atoms with E-state index in [4.69, 9.17) is 4.84 Å². The van der Waals surface area contributed by atoms with E-state index in [0.717, 1.165) is 17.7 Å². The van der Waals surface area contributed by atoms with Crippen molar-refractivity contribution in [3.63, 3.8) is 0 Å². The van der Waals surface area contributed by atoms with Gasteiger partial charge in [-0.2, -0.15) is 0 Å². The fraction of sp³-hybridized carbons (Fsp3) is 0.625. The summed E-state index contributed by atoms with van der Waals surface area (Å²) in [6.07, 6.45) is 2.58. The second-order valence-corrected chi connectivity index (χ2v) is 2.48. The van der Waals surface area contributed by atoms with Gasteiger partial charge in [0.1, 0.15) is 6.26 Å². The number of oxime groups is 1. The molecule has 0 heterocycles. The molecule has 0 aromatic rings. The highest BCUT2D eigenvalue weighted by molar-refractivity contribution is 5.80. The Labute approximate surface area is 62.6 Å². The highest BCUT2D eigenvalue weighted by atomic mass is 16.6. The van der Waals surface area contributed by atoms with Gasteiger partial charge in [-0.05, 0) is 32.8 Å². The van der Waals surface area contributed by atoms with Crippen molar-refractivity contribution in [2.45, 2.75) is 34.1 Å². The molecule has 0 aliphatic rings. The quantitative estimate of drug-likeness (QED) is 0.336. The van der Waals surface area contributed by atoms with Crippen molar-refractivity contribution in [1.29, 1.82) is 0 Å². The first-order chi connectivity index (χ1) is 4.66. The van der Waals surface area contributed by atoms with E-state index in [0.29, 0.717) is 0 Å². The summed E-state index contributed by atoms with van der Waals surface area (Å²) >= 11 is 0. The minimum absolute atomic E-state index is 0.941. The molecule has 58 valence electrons. The lowest BCUT2D eigenvalue weighted by atomic mass is 10.3. The van der Waals surface area contributed by atoms with Crippen molar-refractivity contribution in [2.24, 2.45) is 5.16 Å². The molecule has 2 heteroatoms.